The molecular formula is C15H16O6. The summed E-state index contributed by atoms with van der Waals surface area (Å²) in [5.41, 5.74) is 0.460. The molecule has 0 radical (unpaired) electrons. The zero-order valence-corrected chi connectivity index (χ0v) is 11.2. The van der Waals surface area contributed by atoms with E-state index in [0.29, 0.717) is 5.56 Å². The van der Waals surface area contributed by atoms with E-state index in [9.17, 15) is 30.3 Å². The van der Waals surface area contributed by atoms with Gasteiger partial charge in [0.1, 0.15) is 11.5 Å². The van der Waals surface area contributed by atoms with E-state index in [4.69, 9.17) is 0 Å². The van der Waals surface area contributed by atoms with Crippen molar-refractivity contribution < 1.29 is 30.3 Å². The molecule has 1 aliphatic rings. The number of rotatable bonds is 4. The summed E-state index contributed by atoms with van der Waals surface area (Å²) in [7, 11) is 0. The lowest BCUT2D eigenvalue weighted by atomic mass is 9.94. The van der Waals surface area contributed by atoms with E-state index >= 15 is 0 Å². The molecule has 112 valence electrons. The number of phenols is 2. The monoisotopic (exact) mass is 292 g/mol. The number of allylic oxidation sites excluding steroid dienone is 1. The molecule has 1 aliphatic carbocycles. The molecule has 0 fully saturated rings. The van der Waals surface area contributed by atoms with E-state index in [-0.39, 0.29) is 42.1 Å². The standard InChI is InChI=1S/C15H16O6/c16-9-6-13(20)15(14(21)7-9)11(18)4-2-8-1-3-10(17)12(19)5-8/h1,3,5-6,9,16-17,19-21H,2,4,7H2. The Morgan fingerprint density at radius 1 is 1.14 bits per heavy atom. The average molecular weight is 292 g/mol. The second kappa shape index (κ2) is 5.88. The number of ketones is 1. The molecule has 1 atom stereocenters. The van der Waals surface area contributed by atoms with Crippen molar-refractivity contribution in [2.24, 2.45) is 0 Å². The number of Topliss-reactive ketones (excluding diaryl/α,β-unsaturated/α-hetero) is 1. The quantitative estimate of drug-likeness (QED) is 0.538. The number of phenolic OH excluding ortho intramolecular Hbond substituents is 2. The van der Waals surface area contributed by atoms with Crippen molar-refractivity contribution in [1.29, 1.82) is 0 Å². The van der Waals surface area contributed by atoms with Crippen molar-refractivity contribution in [3.05, 3.63) is 46.9 Å². The molecule has 5 N–H and O–H groups in total. The van der Waals surface area contributed by atoms with Crippen LogP contribution >= 0.6 is 0 Å². The molecule has 6 nitrogen and oxygen atoms in total. The third-order valence-electron chi connectivity index (χ3n) is 3.26. The summed E-state index contributed by atoms with van der Waals surface area (Å²) in [5, 5.41) is 47.2. The third kappa shape index (κ3) is 3.35. The van der Waals surface area contributed by atoms with Crippen LogP contribution in [0.3, 0.4) is 0 Å². The maximum absolute atomic E-state index is 12.0. The molecule has 0 amide bonds. The van der Waals surface area contributed by atoms with Crippen LogP contribution in [-0.4, -0.2) is 37.4 Å². The van der Waals surface area contributed by atoms with Gasteiger partial charge in [0.2, 0.25) is 0 Å². The summed E-state index contributed by atoms with van der Waals surface area (Å²) >= 11 is 0. The number of benzene rings is 1. The lowest BCUT2D eigenvalue weighted by Crippen LogP contribution is -2.18. The minimum Gasteiger partial charge on any atom is -0.511 e. The Morgan fingerprint density at radius 3 is 2.48 bits per heavy atom. The lowest BCUT2D eigenvalue weighted by molar-refractivity contribution is -0.115. The van der Waals surface area contributed by atoms with Gasteiger partial charge in [0.15, 0.2) is 17.3 Å². The van der Waals surface area contributed by atoms with Gasteiger partial charge >= 0.3 is 0 Å². The molecule has 0 aliphatic heterocycles. The third-order valence-corrected chi connectivity index (χ3v) is 3.26. The van der Waals surface area contributed by atoms with Gasteiger partial charge in [-0.25, -0.2) is 0 Å². The normalized spacial score (nSPS) is 18.5. The molecule has 0 spiro atoms. The number of aromatic hydroxyl groups is 2. The zero-order valence-electron chi connectivity index (χ0n) is 11.2. The topological polar surface area (TPSA) is 118 Å². The molecule has 0 saturated carbocycles. The molecule has 0 saturated heterocycles. The second-order valence-electron chi connectivity index (χ2n) is 4.89. The lowest BCUT2D eigenvalue weighted by Gasteiger charge is -2.17. The van der Waals surface area contributed by atoms with Gasteiger partial charge in [0.05, 0.1) is 11.7 Å². The molecule has 1 aromatic rings. The van der Waals surface area contributed by atoms with Crippen LogP contribution in [0.5, 0.6) is 11.5 Å². The molecular weight excluding hydrogens is 276 g/mol. The highest BCUT2D eigenvalue weighted by atomic mass is 16.3. The van der Waals surface area contributed by atoms with Crippen LogP contribution in [-0.2, 0) is 11.2 Å². The smallest absolute Gasteiger partial charge is 0.170 e. The number of aryl methyl sites for hydroxylation is 1. The van der Waals surface area contributed by atoms with E-state index in [1.807, 2.05) is 0 Å². The van der Waals surface area contributed by atoms with Crippen molar-refractivity contribution >= 4 is 5.78 Å². The number of hydrogen-bond donors (Lipinski definition) is 5. The highest BCUT2D eigenvalue weighted by Crippen LogP contribution is 2.27. The predicted molar refractivity (Wildman–Crippen MR) is 74.1 cm³/mol. The van der Waals surface area contributed by atoms with Gasteiger partial charge in [-0.1, -0.05) is 6.07 Å². The van der Waals surface area contributed by atoms with Crippen LogP contribution in [0.2, 0.25) is 0 Å². The van der Waals surface area contributed by atoms with Gasteiger partial charge in [-0.15, -0.1) is 0 Å². The zero-order chi connectivity index (χ0) is 15.6. The minimum atomic E-state index is -1.00. The van der Waals surface area contributed by atoms with Gasteiger partial charge in [-0.2, -0.15) is 0 Å². The van der Waals surface area contributed by atoms with Crippen molar-refractivity contribution in [2.75, 3.05) is 0 Å². The van der Waals surface area contributed by atoms with Gasteiger partial charge in [0.25, 0.3) is 0 Å². The van der Waals surface area contributed by atoms with Crippen LogP contribution < -0.4 is 0 Å². The largest absolute Gasteiger partial charge is 0.511 e. The van der Waals surface area contributed by atoms with E-state index in [1.165, 1.54) is 12.1 Å². The number of aliphatic hydroxyl groups excluding tert-OH is 3. The first kappa shape index (κ1) is 14.9. The summed E-state index contributed by atoms with van der Waals surface area (Å²) in [6, 6.07) is 4.23. The summed E-state index contributed by atoms with van der Waals surface area (Å²) in [6.07, 6.45) is 0.289. The first-order chi connectivity index (χ1) is 9.88. The van der Waals surface area contributed by atoms with Crippen LogP contribution in [0, 0.1) is 0 Å². The Hall–Kier alpha value is -2.47. The fourth-order valence-corrected chi connectivity index (χ4v) is 2.18. The van der Waals surface area contributed by atoms with Gasteiger partial charge in [-0.3, -0.25) is 4.79 Å². The second-order valence-corrected chi connectivity index (χ2v) is 4.89. The number of aliphatic hydroxyl groups is 3. The highest BCUT2D eigenvalue weighted by molar-refractivity contribution is 5.99. The minimum absolute atomic E-state index is 0.0115. The van der Waals surface area contributed by atoms with Crippen molar-refractivity contribution in [3.8, 4) is 11.5 Å². The Balaban J connectivity index is 2.07. The highest BCUT2D eigenvalue weighted by Gasteiger charge is 2.25. The van der Waals surface area contributed by atoms with Crippen molar-refractivity contribution in [1.82, 2.24) is 0 Å². The first-order valence-electron chi connectivity index (χ1n) is 6.44. The molecule has 1 aromatic carbocycles. The molecule has 21 heavy (non-hydrogen) atoms. The van der Waals surface area contributed by atoms with Crippen molar-refractivity contribution in [3.63, 3.8) is 0 Å². The van der Waals surface area contributed by atoms with E-state index in [0.717, 1.165) is 6.08 Å². The first-order valence-corrected chi connectivity index (χ1v) is 6.44. The van der Waals surface area contributed by atoms with Crippen LogP contribution in [0.15, 0.2) is 41.4 Å². The molecule has 1 unspecified atom stereocenters. The summed E-state index contributed by atoms with van der Waals surface area (Å²) < 4.78 is 0. The average Bonchev–Trinajstić information content (AvgIpc) is 2.39. The van der Waals surface area contributed by atoms with Crippen molar-refractivity contribution in [2.45, 2.75) is 25.4 Å². The van der Waals surface area contributed by atoms with E-state index < -0.39 is 17.6 Å². The Morgan fingerprint density at radius 2 is 1.86 bits per heavy atom. The van der Waals surface area contributed by atoms with E-state index in [2.05, 4.69) is 0 Å². The van der Waals surface area contributed by atoms with Crippen LogP contribution in [0.25, 0.3) is 0 Å². The summed E-state index contributed by atoms with van der Waals surface area (Å²) in [4.78, 5) is 12.0. The number of carbonyl (C=O) groups excluding carboxylic acids is 1. The Bertz CT molecular complexity index is 629. The molecule has 0 heterocycles. The Labute approximate surface area is 120 Å². The van der Waals surface area contributed by atoms with Gasteiger partial charge in [-0.05, 0) is 30.2 Å². The van der Waals surface area contributed by atoms with Crippen LogP contribution in [0.1, 0.15) is 18.4 Å². The molecule has 6 heteroatoms. The van der Waals surface area contributed by atoms with Crippen LogP contribution in [0.4, 0.5) is 0 Å². The van der Waals surface area contributed by atoms with Gasteiger partial charge < -0.3 is 25.5 Å². The summed E-state index contributed by atoms with van der Waals surface area (Å²) in [6.45, 7) is 0. The fraction of sp³-hybridized carbons (Fsp3) is 0.267. The molecule has 0 bridgehead atoms. The predicted octanol–water partition coefficient (Wildman–Crippen LogP) is 1.62. The number of carbonyl (C=O) groups is 1. The maximum Gasteiger partial charge on any atom is 0.170 e. The SMILES string of the molecule is O=C(CCc1ccc(O)c(O)c1)C1=C(O)CC(O)C=C1O. The number of hydrogen-bond acceptors (Lipinski definition) is 6. The Kier molecular flexibility index (Phi) is 4.18. The maximum atomic E-state index is 12.0. The fourth-order valence-electron chi connectivity index (χ4n) is 2.18. The van der Waals surface area contributed by atoms with E-state index in [1.54, 1.807) is 6.07 Å². The van der Waals surface area contributed by atoms with Gasteiger partial charge in [0, 0.05) is 12.8 Å². The molecule has 0 aromatic heterocycles. The summed E-state index contributed by atoms with van der Waals surface area (Å²) in [5.74, 6) is -1.73. The molecule has 2 rings (SSSR count).